The minimum absolute atomic E-state index is 0.555. The highest BCUT2D eigenvalue weighted by molar-refractivity contribution is 5.61. The van der Waals surface area contributed by atoms with Crippen molar-refractivity contribution >= 4 is 11.6 Å². The van der Waals surface area contributed by atoms with Crippen molar-refractivity contribution in [3.63, 3.8) is 0 Å². The molecule has 0 unspecified atom stereocenters. The molecule has 0 saturated heterocycles. The monoisotopic (exact) mass is 363 g/mol. The van der Waals surface area contributed by atoms with Crippen molar-refractivity contribution < 1.29 is 4.74 Å². The normalized spacial score (nSPS) is 10.8. The average Bonchev–Trinajstić information content (AvgIpc) is 2.73. The maximum absolute atomic E-state index is 5.82. The topological polar surface area (TPSA) is 63.2 Å². The molecule has 2 aromatic heterocycles. The van der Waals surface area contributed by atoms with Crippen LogP contribution < -0.4 is 10.1 Å². The van der Waals surface area contributed by atoms with Crippen LogP contribution in [0.2, 0.25) is 0 Å². The van der Waals surface area contributed by atoms with Gasteiger partial charge in [0.15, 0.2) is 0 Å². The Bertz CT molecular complexity index is 819. The minimum atomic E-state index is 0.555. The zero-order chi connectivity index (χ0) is 18.9. The number of likely N-dealkylation sites (N-methyl/N-ethyl adjacent to an activating group) is 1. The number of aromatic nitrogens is 3. The van der Waals surface area contributed by atoms with Gasteiger partial charge in [-0.3, -0.25) is 4.98 Å². The van der Waals surface area contributed by atoms with E-state index in [2.05, 4.69) is 39.0 Å². The van der Waals surface area contributed by atoms with E-state index < -0.39 is 0 Å². The highest BCUT2D eigenvalue weighted by atomic mass is 16.5. The summed E-state index contributed by atoms with van der Waals surface area (Å²) in [5, 5.41) is 3.23. The Morgan fingerprint density at radius 1 is 0.926 bits per heavy atom. The van der Waals surface area contributed by atoms with Crippen molar-refractivity contribution in [3.8, 4) is 17.0 Å². The molecule has 0 radical (unpaired) electrons. The lowest BCUT2D eigenvalue weighted by Crippen LogP contribution is -2.27. The first kappa shape index (κ1) is 18.8. The van der Waals surface area contributed by atoms with Crippen LogP contribution in [-0.2, 0) is 0 Å². The van der Waals surface area contributed by atoms with Gasteiger partial charge in [-0.05, 0) is 55.6 Å². The summed E-state index contributed by atoms with van der Waals surface area (Å²) in [6.45, 7) is 8.03. The summed E-state index contributed by atoms with van der Waals surface area (Å²) in [6.07, 6.45) is 5.25. The lowest BCUT2D eigenvalue weighted by atomic mass is 10.2. The summed E-state index contributed by atoms with van der Waals surface area (Å²) in [4.78, 5) is 15.2. The summed E-state index contributed by atoms with van der Waals surface area (Å²) in [6, 6.07) is 13.6. The van der Waals surface area contributed by atoms with Crippen molar-refractivity contribution in [2.24, 2.45) is 0 Å². The maximum atomic E-state index is 5.82. The van der Waals surface area contributed by atoms with Gasteiger partial charge >= 0.3 is 0 Å². The Morgan fingerprint density at radius 3 is 2.37 bits per heavy atom. The summed E-state index contributed by atoms with van der Waals surface area (Å²) in [5.41, 5.74) is 2.77. The quantitative estimate of drug-likeness (QED) is 0.620. The molecule has 27 heavy (non-hydrogen) atoms. The number of anilines is 2. The maximum Gasteiger partial charge on any atom is 0.227 e. The van der Waals surface area contributed by atoms with Gasteiger partial charge in [-0.25, -0.2) is 9.97 Å². The van der Waals surface area contributed by atoms with Crippen molar-refractivity contribution in [2.45, 2.75) is 13.8 Å². The fraction of sp³-hybridized carbons (Fsp3) is 0.286. The zero-order valence-electron chi connectivity index (χ0n) is 15.8. The number of nitrogens with zero attached hydrogens (tertiary/aromatic N) is 4. The molecular formula is C21H25N5O. The number of pyridine rings is 1. The molecule has 6 nitrogen and oxygen atoms in total. The second-order valence-electron chi connectivity index (χ2n) is 6.03. The molecule has 3 aromatic rings. The van der Waals surface area contributed by atoms with E-state index in [1.165, 1.54) is 0 Å². The SMILES string of the molecule is CCN(CC)CCOc1ccc(Nc2nccc(-c3ccncc3)n2)cc1. The fourth-order valence-electron chi connectivity index (χ4n) is 2.70. The van der Waals surface area contributed by atoms with Crippen LogP contribution in [0, 0.1) is 0 Å². The second-order valence-corrected chi connectivity index (χ2v) is 6.03. The zero-order valence-corrected chi connectivity index (χ0v) is 15.8. The molecule has 0 spiro atoms. The van der Waals surface area contributed by atoms with Crippen LogP contribution in [0.1, 0.15) is 13.8 Å². The van der Waals surface area contributed by atoms with Crippen LogP contribution in [0.3, 0.4) is 0 Å². The summed E-state index contributed by atoms with van der Waals surface area (Å²) < 4.78 is 5.82. The van der Waals surface area contributed by atoms with Crippen molar-refractivity contribution in [1.82, 2.24) is 19.9 Å². The van der Waals surface area contributed by atoms with Crippen LogP contribution in [-0.4, -0.2) is 46.1 Å². The van der Waals surface area contributed by atoms with E-state index >= 15 is 0 Å². The first-order chi connectivity index (χ1) is 13.3. The Kier molecular flexibility index (Phi) is 6.71. The lowest BCUT2D eigenvalue weighted by Gasteiger charge is -2.18. The fourth-order valence-corrected chi connectivity index (χ4v) is 2.70. The predicted molar refractivity (Wildman–Crippen MR) is 108 cm³/mol. The smallest absolute Gasteiger partial charge is 0.227 e. The Labute approximate surface area is 160 Å². The first-order valence-corrected chi connectivity index (χ1v) is 9.24. The summed E-state index contributed by atoms with van der Waals surface area (Å²) in [5.74, 6) is 1.42. The number of ether oxygens (including phenoxy) is 1. The predicted octanol–water partition coefficient (Wildman–Crippen LogP) is 4.00. The largest absolute Gasteiger partial charge is 0.492 e. The molecule has 0 atom stereocenters. The highest BCUT2D eigenvalue weighted by Crippen LogP contribution is 2.20. The number of rotatable bonds is 9. The third-order valence-corrected chi connectivity index (χ3v) is 4.31. The van der Waals surface area contributed by atoms with Crippen molar-refractivity contribution in [3.05, 3.63) is 61.1 Å². The van der Waals surface area contributed by atoms with Crippen molar-refractivity contribution in [1.29, 1.82) is 0 Å². The van der Waals surface area contributed by atoms with Gasteiger partial charge in [0.1, 0.15) is 12.4 Å². The minimum Gasteiger partial charge on any atom is -0.492 e. The molecule has 3 rings (SSSR count). The van der Waals surface area contributed by atoms with E-state index in [-0.39, 0.29) is 0 Å². The van der Waals surface area contributed by atoms with Crippen LogP contribution in [0.15, 0.2) is 61.1 Å². The third kappa shape index (κ3) is 5.49. The molecule has 0 amide bonds. The number of hydrogen-bond acceptors (Lipinski definition) is 6. The molecule has 0 saturated carbocycles. The molecule has 1 aromatic carbocycles. The Morgan fingerprint density at radius 2 is 1.67 bits per heavy atom. The molecule has 0 aliphatic carbocycles. The molecule has 0 aliphatic rings. The molecule has 0 aliphatic heterocycles. The standard InChI is InChI=1S/C21H25N5O/c1-3-26(4-2)15-16-27-19-7-5-18(6-8-19)24-21-23-14-11-20(25-21)17-9-12-22-13-10-17/h5-14H,3-4,15-16H2,1-2H3,(H,23,24,25). The average molecular weight is 363 g/mol. The van der Waals surface area contributed by atoms with E-state index in [0.29, 0.717) is 12.6 Å². The first-order valence-electron chi connectivity index (χ1n) is 9.24. The van der Waals surface area contributed by atoms with Gasteiger partial charge in [-0.2, -0.15) is 0 Å². The van der Waals surface area contributed by atoms with Gasteiger partial charge in [0.25, 0.3) is 0 Å². The number of benzene rings is 1. The Balaban J connectivity index is 1.58. The number of hydrogen-bond donors (Lipinski definition) is 1. The van der Waals surface area contributed by atoms with Gasteiger partial charge in [0, 0.05) is 36.4 Å². The van der Waals surface area contributed by atoms with Gasteiger partial charge in [0.05, 0.1) is 5.69 Å². The molecule has 2 heterocycles. The van der Waals surface area contributed by atoms with E-state index in [1.807, 2.05) is 42.5 Å². The second kappa shape index (κ2) is 9.64. The molecule has 0 bridgehead atoms. The summed E-state index contributed by atoms with van der Waals surface area (Å²) in [7, 11) is 0. The highest BCUT2D eigenvalue weighted by Gasteiger charge is 2.04. The van der Waals surface area contributed by atoms with Gasteiger partial charge in [-0.15, -0.1) is 0 Å². The van der Waals surface area contributed by atoms with Crippen LogP contribution >= 0.6 is 0 Å². The van der Waals surface area contributed by atoms with E-state index in [4.69, 9.17) is 4.74 Å². The van der Waals surface area contributed by atoms with Crippen LogP contribution in [0.25, 0.3) is 11.3 Å². The van der Waals surface area contributed by atoms with Crippen LogP contribution in [0.4, 0.5) is 11.6 Å². The van der Waals surface area contributed by atoms with E-state index in [0.717, 1.165) is 42.3 Å². The lowest BCUT2D eigenvalue weighted by molar-refractivity contribution is 0.223. The molecule has 1 N–H and O–H groups in total. The molecular weight excluding hydrogens is 338 g/mol. The van der Waals surface area contributed by atoms with E-state index in [1.54, 1.807) is 18.6 Å². The third-order valence-electron chi connectivity index (χ3n) is 4.31. The van der Waals surface area contributed by atoms with E-state index in [9.17, 15) is 0 Å². The molecule has 6 heteroatoms. The van der Waals surface area contributed by atoms with Crippen LogP contribution in [0.5, 0.6) is 5.75 Å². The Hall–Kier alpha value is -2.99. The van der Waals surface area contributed by atoms with Crippen molar-refractivity contribution in [2.75, 3.05) is 31.6 Å². The molecule has 140 valence electrons. The van der Waals surface area contributed by atoms with Gasteiger partial charge in [-0.1, -0.05) is 13.8 Å². The van der Waals surface area contributed by atoms with Gasteiger partial charge in [0.2, 0.25) is 5.95 Å². The van der Waals surface area contributed by atoms with Gasteiger partial charge < -0.3 is 15.0 Å². The molecule has 0 fully saturated rings. The summed E-state index contributed by atoms with van der Waals surface area (Å²) >= 11 is 0. The number of nitrogens with one attached hydrogen (secondary N) is 1.